The number of nitrogens with one attached hydrogen (secondary N) is 1. The zero-order valence-corrected chi connectivity index (χ0v) is 10.2. The minimum atomic E-state index is -0.216. The Morgan fingerprint density at radius 1 is 1.40 bits per heavy atom. The van der Waals surface area contributed by atoms with Crippen molar-refractivity contribution in [2.24, 2.45) is 11.1 Å². The lowest BCUT2D eigenvalue weighted by Gasteiger charge is -2.27. The van der Waals surface area contributed by atoms with Gasteiger partial charge in [0, 0.05) is 18.6 Å². The lowest BCUT2D eigenvalue weighted by Crippen LogP contribution is -2.36. The highest BCUT2D eigenvalue weighted by molar-refractivity contribution is 5.82. The van der Waals surface area contributed by atoms with E-state index >= 15 is 0 Å². The Morgan fingerprint density at radius 2 is 2.00 bits per heavy atom. The molecule has 0 aliphatic rings. The predicted molar refractivity (Wildman–Crippen MR) is 64.1 cm³/mol. The highest BCUT2D eigenvalue weighted by Gasteiger charge is 2.21. The van der Waals surface area contributed by atoms with Crippen molar-refractivity contribution in [2.75, 3.05) is 26.2 Å². The number of aliphatic hydroxyl groups is 1. The average molecular weight is 215 g/mol. The van der Waals surface area contributed by atoms with Crippen LogP contribution < -0.4 is 5.73 Å². The average Bonchev–Trinajstić information content (AvgIpc) is 2.18. The van der Waals surface area contributed by atoms with Gasteiger partial charge in [-0.15, -0.1) is 0 Å². The van der Waals surface area contributed by atoms with Crippen LogP contribution in [0.2, 0.25) is 0 Å². The molecule has 0 fully saturated rings. The van der Waals surface area contributed by atoms with Crippen molar-refractivity contribution >= 4 is 5.84 Å². The van der Waals surface area contributed by atoms with Crippen LogP contribution >= 0.6 is 0 Å². The van der Waals surface area contributed by atoms with E-state index in [1.165, 1.54) is 0 Å². The van der Waals surface area contributed by atoms with Crippen LogP contribution in [0.25, 0.3) is 0 Å². The molecule has 0 aliphatic heterocycles. The van der Waals surface area contributed by atoms with E-state index in [2.05, 4.69) is 11.8 Å². The molecule has 0 unspecified atom stereocenters. The van der Waals surface area contributed by atoms with Gasteiger partial charge in [-0.05, 0) is 25.9 Å². The van der Waals surface area contributed by atoms with Crippen LogP contribution in [0.3, 0.4) is 0 Å². The molecule has 0 aromatic heterocycles. The molecule has 4 N–H and O–H groups in total. The van der Waals surface area contributed by atoms with E-state index in [4.69, 9.17) is 16.2 Å². The summed E-state index contributed by atoms with van der Waals surface area (Å²) in [6.45, 7) is 9.17. The van der Waals surface area contributed by atoms with Crippen molar-refractivity contribution < 1.29 is 5.11 Å². The predicted octanol–water partition coefficient (Wildman–Crippen LogP) is 1.04. The quantitative estimate of drug-likeness (QED) is 0.418. The van der Waals surface area contributed by atoms with Gasteiger partial charge < -0.3 is 15.7 Å². The van der Waals surface area contributed by atoms with Gasteiger partial charge in [0.05, 0.1) is 5.84 Å². The summed E-state index contributed by atoms with van der Waals surface area (Å²) < 4.78 is 0. The van der Waals surface area contributed by atoms with Gasteiger partial charge in [-0.2, -0.15) is 0 Å². The summed E-state index contributed by atoms with van der Waals surface area (Å²) in [7, 11) is 0. The first kappa shape index (κ1) is 14.4. The highest BCUT2D eigenvalue weighted by Crippen LogP contribution is 2.19. The maximum absolute atomic E-state index is 8.75. The largest absolute Gasteiger partial charge is 0.396 e. The van der Waals surface area contributed by atoms with Crippen molar-refractivity contribution in [1.82, 2.24) is 4.90 Å². The van der Waals surface area contributed by atoms with E-state index in [1.54, 1.807) is 0 Å². The van der Waals surface area contributed by atoms with E-state index in [9.17, 15) is 0 Å². The van der Waals surface area contributed by atoms with Crippen LogP contribution in [0.15, 0.2) is 0 Å². The molecule has 0 saturated carbocycles. The molecular weight excluding hydrogens is 190 g/mol. The SMILES string of the molecule is CCN(CCCO)CCC(C)(C)C(=N)N. The zero-order chi connectivity index (χ0) is 11.9. The number of nitrogens with two attached hydrogens (primary N) is 1. The minimum Gasteiger partial charge on any atom is -0.396 e. The summed E-state index contributed by atoms with van der Waals surface area (Å²) in [4.78, 5) is 2.28. The normalized spacial score (nSPS) is 12.1. The Hall–Kier alpha value is -0.610. The standard InChI is InChI=1S/C11H25N3O/c1-4-14(7-5-9-15)8-6-11(2,3)10(12)13/h15H,4-9H2,1-3H3,(H3,12,13). The first-order valence-corrected chi connectivity index (χ1v) is 5.61. The Kier molecular flexibility index (Phi) is 6.52. The summed E-state index contributed by atoms with van der Waals surface area (Å²) in [5.41, 5.74) is 5.31. The third kappa shape index (κ3) is 5.74. The molecule has 0 aromatic carbocycles. The van der Waals surface area contributed by atoms with Crippen molar-refractivity contribution in [1.29, 1.82) is 5.41 Å². The van der Waals surface area contributed by atoms with Crippen LogP contribution in [0.4, 0.5) is 0 Å². The van der Waals surface area contributed by atoms with E-state index in [0.29, 0.717) is 0 Å². The second-order valence-electron chi connectivity index (χ2n) is 4.56. The summed E-state index contributed by atoms with van der Waals surface area (Å²) >= 11 is 0. The maximum Gasteiger partial charge on any atom is 0.0963 e. The molecule has 4 nitrogen and oxygen atoms in total. The lowest BCUT2D eigenvalue weighted by atomic mass is 9.88. The number of amidine groups is 1. The number of nitrogens with zero attached hydrogens (tertiary/aromatic N) is 1. The number of aliphatic hydroxyl groups excluding tert-OH is 1. The van der Waals surface area contributed by atoms with Gasteiger partial charge in [0.15, 0.2) is 0 Å². The molecule has 0 atom stereocenters. The first-order chi connectivity index (χ1) is 6.94. The van der Waals surface area contributed by atoms with Gasteiger partial charge in [-0.1, -0.05) is 20.8 Å². The molecule has 0 bridgehead atoms. The molecule has 90 valence electrons. The van der Waals surface area contributed by atoms with E-state index < -0.39 is 0 Å². The first-order valence-electron chi connectivity index (χ1n) is 5.61. The molecule has 0 saturated heterocycles. The van der Waals surface area contributed by atoms with Gasteiger partial charge in [0.2, 0.25) is 0 Å². The van der Waals surface area contributed by atoms with Crippen LogP contribution in [0.5, 0.6) is 0 Å². The summed E-state index contributed by atoms with van der Waals surface area (Å²) in [5.74, 6) is 0.251. The van der Waals surface area contributed by atoms with Gasteiger partial charge in [-0.25, -0.2) is 0 Å². The number of hydrogen-bond donors (Lipinski definition) is 3. The smallest absolute Gasteiger partial charge is 0.0963 e. The van der Waals surface area contributed by atoms with Gasteiger partial charge in [0.1, 0.15) is 0 Å². The molecule has 4 heteroatoms. The number of hydrogen-bond acceptors (Lipinski definition) is 3. The molecule has 15 heavy (non-hydrogen) atoms. The third-order valence-corrected chi connectivity index (χ3v) is 2.86. The molecule has 0 spiro atoms. The van der Waals surface area contributed by atoms with Crippen LogP contribution in [0, 0.1) is 10.8 Å². The van der Waals surface area contributed by atoms with Crippen molar-refractivity contribution in [3.8, 4) is 0 Å². The summed E-state index contributed by atoms with van der Waals surface area (Å²) in [6, 6.07) is 0. The van der Waals surface area contributed by atoms with Crippen LogP contribution in [-0.4, -0.2) is 42.1 Å². The second kappa shape index (κ2) is 6.80. The minimum absolute atomic E-state index is 0.216. The Labute approximate surface area is 93.0 Å². The zero-order valence-electron chi connectivity index (χ0n) is 10.2. The fraction of sp³-hybridized carbons (Fsp3) is 0.909. The van der Waals surface area contributed by atoms with E-state index in [1.807, 2.05) is 13.8 Å². The van der Waals surface area contributed by atoms with E-state index in [-0.39, 0.29) is 17.9 Å². The fourth-order valence-electron chi connectivity index (χ4n) is 1.29. The van der Waals surface area contributed by atoms with Crippen molar-refractivity contribution in [2.45, 2.75) is 33.6 Å². The maximum atomic E-state index is 8.75. The van der Waals surface area contributed by atoms with Gasteiger partial charge in [0.25, 0.3) is 0 Å². The van der Waals surface area contributed by atoms with Crippen LogP contribution in [0.1, 0.15) is 33.6 Å². The monoisotopic (exact) mass is 215 g/mol. The second-order valence-corrected chi connectivity index (χ2v) is 4.56. The molecule has 0 heterocycles. The lowest BCUT2D eigenvalue weighted by molar-refractivity contribution is 0.216. The van der Waals surface area contributed by atoms with E-state index in [0.717, 1.165) is 32.5 Å². The van der Waals surface area contributed by atoms with Crippen molar-refractivity contribution in [3.05, 3.63) is 0 Å². The molecule has 0 rings (SSSR count). The fourth-order valence-corrected chi connectivity index (χ4v) is 1.29. The molecule has 0 aromatic rings. The summed E-state index contributed by atoms with van der Waals surface area (Å²) in [5, 5.41) is 16.2. The topological polar surface area (TPSA) is 73.3 Å². The van der Waals surface area contributed by atoms with Crippen molar-refractivity contribution in [3.63, 3.8) is 0 Å². The third-order valence-electron chi connectivity index (χ3n) is 2.86. The molecule has 0 aliphatic carbocycles. The molecular formula is C11H25N3O. The van der Waals surface area contributed by atoms with Gasteiger partial charge >= 0.3 is 0 Å². The number of rotatable bonds is 8. The Morgan fingerprint density at radius 3 is 2.40 bits per heavy atom. The Bertz CT molecular complexity index is 192. The van der Waals surface area contributed by atoms with Crippen LogP contribution in [-0.2, 0) is 0 Å². The molecule has 0 amide bonds. The summed E-state index contributed by atoms with van der Waals surface area (Å²) in [6.07, 6.45) is 1.70. The highest BCUT2D eigenvalue weighted by atomic mass is 16.3. The Balaban J connectivity index is 3.94. The van der Waals surface area contributed by atoms with Gasteiger partial charge in [-0.3, -0.25) is 5.41 Å². The molecule has 0 radical (unpaired) electrons.